The molecular weight excluding hydrogens is 178 g/mol. The molecule has 0 aliphatic rings. The van der Waals surface area contributed by atoms with Crippen molar-refractivity contribution in [2.24, 2.45) is 0 Å². The summed E-state index contributed by atoms with van der Waals surface area (Å²) in [5.74, 6) is 0. The van der Waals surface area contributed by atoms with Crippen LogP contribution in [0.5, 0.6) is 0 Å². The van der Waals surface area contributed by atoms with Crippen LogP contribution < -0.4 is 5.32 Å². The number of aryl methyl sites for hydroxylation is 2. The fraction of sp³-hybridized carbons (Fsp3) is 0.700. The van der Waals surface area contributed by atoms with Crippen LogP contribution in [0.2, 0.25) is 0 Å². The summed E-state index contributed by atoms with van der Waals surface area (Å²) in [5, 5.41) is 16.6. The summed E-state index contributed by atoms with van der Waals surface area (Å²) in [6, 6.07) is 2.07. The predicted octanol–water partition coefficient (Wildman–Crippen LogP) is 0.682. The highest BCUT2D eigenvalue weighted by Crippen LogP contribution is 2.02. The highest BCUT2D eigenvalue weighted by molar-refractivity contribution is 5.08. The number of aliphatic hydroxyl groups is 1. The Morgan fingerprint density at radius 3 is 2.93 bits per heavy atom. The minimum absolute atomic E-state index is 0.297. The van der Waals surface area contributed by atoms with Crippen LogP contribution in [0.25, 0.3) is 0 Å². The first-order valence-corrected chi connectivity index (χ1v) is 5.05. The minimum atomic E-state index is -0.297. The molecule has 0 saturated heterocycles. The molecule has 0 radical (unpaired) electrons. The van der Waals surface area contributed by atoms with Gasteiger partial charge < -0.3 is 10.4 Å². The van der Waals surface area contributed by atoms with E-state index in [-0.39, 0.29) is 6.10 Å². The summed E-state index contributed by atoms with van der Waals surface area (Å²) in [7, 11) is 0. The molecule has 0 amide bonds. The van der Waals surface area contributed by atoms with Gasteiger partial charge in [0.05, 0.1) is 17.5 Å². The Labute approximate surface area is 84.9 Å². The van der Waals surface area contributed by atoms with Gasteiger partial charge >= 0.3 is 0 Å². The van der Waals surface area contributed by atoms with Gasteiger partial charge in [-0.25, -0.2) is 0 Å². The Bertz CT molecular complexity index is 281. The fourth-order valence-electron chi connectivity index (χ4n) is 1.42. The lowest BCUT2D eigenvalue weighted by molar-refractivity contribution is 0.190. The summed E-state index contributed by atoms with van der Waals surface area (Å²) >= 11 is 0. The first kappa shape index (κ1) is 11.2. The van der Waals surface area contributed by atoms with Crippen LogP contribution in [-0.2, 0) is 13.1 Å². The quantitative estimate of drug-likeness (QED) is 0.730. The van der Waals surface area contributed by atoms with Crippen LogP contribution in [-0.4, -0.2) is 27.5 Å². The van der Waals surface area contributed by atoms with Crippen molar-refractivity contribution in [2.75, 3.05) is 6.54 Å². The van der Waals surface area contributed by atoms with Crippen LogP contribution in [0, 0.1) is 6.92 Å². The maximum absolute atomic E-state index is 9.08. The third kappa shape index (κ3) is 3.12. The molecule has 4 heteroatoms. The van der Waals surface area contributed by atoms with Crippen molar-refractivity contribution in [1.82, 2.24) is 15.1 Å². The van der Waals surface area contributed by atoms with E-state index in [4.69, 9.17) is 5.11 Å². The summed E-state index contributed by atoms with van der Waals surface area (Å²) < 4.78 is 1.98. The number of hydrogen-bond acceptors (Lipinski definition) is 3. The Hall–Kier alpha value is -0.870. The number of hydrogen-bond donors (Lipinski definition) is 2. The van der Waals surface area contributed by atoms with Crippen molar-refractivity contribution in [3.8, 4) is 0 Å². The largest absolute Gasteiger partial charge is 0.392 e. The molecule has 0 bridgehead atoms. The molecule has 0 aliphatic carbocycles. The molecule has 1 heterocycles. The van der Waals surface area contributed by atoms with Crippen molar-refractivity contribution < 1.29 is 5.11 Å². The molecule has 0 aromatic carbocycles. The molecule has 0 aliphatic heterocycles. The highest BCUT2D eigenvalue weighted by atomic mass is 16.3. The molecule has 1 aromatic rings. The maximum Gasteiger partial charge on any atom is 0.0636 e. The van der Waals surface area contributed by atoms with E-state index in [2.05, 4.69) is 23.4 Å². The molecule has 4 nitrogen and oxygen atoms in total. The van der Waals surface area contributed by atoms with Crippen LogP contribution in [0.15, 0.2) is 6.07 Å². The van der Waals surface area contributed by atoms with Crippen molar-refractivity contribution in [3.63, 3.8) is 0 Å². The van der Waals surface area contributed by atoms with E-state index in [1.165, 1.54) is 5.69 Å². The van der Waals surface area contributed by atoms with E-state index in [1.807, 2.05) is 11.6 Å². The number of nitrogens with zero attached hydrogens (tertiary/aromatic N) is 2. The molecule has 80 valence electrons. The molecule has 2 N–H and O–H groups in total. The number of aromatic nitrogens is 2. The lowest BCUT2D eigenvalue weighted by atomic mass is 10.3. The Balaban J connectivity index is 2.48. The van der Waals surface area contributed by atoms with Crippen molar-refractivity contribution in [1.29, 1.82) is 0 Å². The van der Waals surface area contributed by atoms with E-state index in [1.54, 1.807) is 6.92 Å². The normalized spacial score (nSPS) is 13.1. The number of nitrogens with one attached hydrogen (secondary N) is 1. The summed E-state index contributed by atoms with van der Waals surface area (Å²) in [6.07, 6.45) is -0.297. The third-order valence-electron chi connectivity index (χ3n) is 2.03. The fourth-order valence-corrected chi connectivity index (χ4v) is 1.42. The van der Waals surface area contributed by atoms with Crippen LogP contribution in [0.4, 0.5) is 0 Å². The average Bonchev–Trinajstić information content (AvgIpc) is 2.45. The van der Waals surface area contributed by atoms with E-state index in [0.29, 0.717) is 6.54 Å². The molecule has 1 rings (SSSR count). The standard InChI is InChI=1S/C10H19N3O/c1-4-13-10(5-8(2)12-13)7-11-6-9(3)14/h5,9,11,14H,4,6-7H2,1-3H3. The van der Waals surface area contributed by atoms with Gasteiger partial charge in [0.1, 0.15) is 0 Å². The second-order valence-electron chi connectivity index (χ2n) is 3.57. The van der Waals surface area contributed by atoms with Crippen molar-refractivity contribution >= 4 is 0 Å². The summed E-state index contributed by atoms with van der Waals surface area (Å²) in [5.41, 5.74) is 2.21. The van der Waals surface area contributed by atoms with Gasteiger partial charge in [-0.1, -0.05) is 0 Å². The molecule has 14 heavy (non-hydrogen) atoms. The molecular formula is C10H19N3O. The van der Waals surface area contributed by atoms with Gasteiger partial charge in [0, 0.05) is 19.6 Å². The van der Waals surface area contributed by atoms with E-state index >= 15 is 0 Å². The molecule has 0 spiro atoms. The number of rotatable bonds is 5. The van der Waals surface area contributed by atoms with Gasteiger partial charge in [-0.3, -0.25) is 4.68 Å². The zero-order valence-corrected chi connectivity index (χ0v) is 9.12. The van der Waals surface area contributed by atoms with Gasteiger partial charge in [-0.15, -0.1) is 0 Å². The van der Waals surface area contributed by atoms with Crippen LogP contribution in [0.1, 0.15) is 25.2 Å². The maximum atomic E-state index is 9.08. The summed E-state index contributed by atoms with van der Waals surface area (Å²) in [6.45, 7) is 8.11. The molecule has 1 atom stereocenters. The Kier molecular flexibility index (Phi) is 4.10. The second kappa shape index (κ2) is 5.12. The monoisotopic (exact) mass is 197 g/mol. The summed E-state index contributed by atoms with van der Waals surface area (Å²) in [4.78, 5) is 0. The van der Waals surface area contributed by atoms with Gasteiger partial charge in [0.25, 0.3) is 0 Å². The smallest absolute Gasteiger partial charge is 0.0636 e. The van der Waals surface area contributed by atoms with Crippen molar-refractivity contribution in [2.45, 2.75) is 40.0 Å². The zero-order chi connectivity index (χ0) is 10.6. The van der Waals surface area contributed by atoms with E-state index in [9.17, 15) is 0 Å². The lowest BCUT2D eigenvalue weighted by Gasteiger charge is -2.07. The molecule has 0 saturated carbocycles. The first-order chi connectivity index (χ1) is 6.63. The molecule has 1 aromatic heterocycles. The zero-order valence-electron chi connectivity index (χ0n) is 9.12. The van der Waals surface area contributed by atoms with Gasteiger partial charge in [-0.05, 0) is 26.8 Å². The molecule has 1 unspecified atom stereocenters. The van der Waals surface area contributed by atoms with Gasteiger partial charge in [0.15, 0.2) is 0 Å². The topological polar surface area (TPSA) is 50.1 Å². The van der Waals surface area contributed by atoms with Crippen LogP contribution >= 0.6 is 0 Å². The molecule has 0 fully saturated rings. The third-order valence-corrected chi connectivity index (χ3v) is 2.03. The number of aliphatic hydroxyl groups excluding tert-OH is 1. The van der Waals surface area contributed by atoms with Gasteiger partial charge in [0.2, 0.25) is 0 Å². The Morgan fingerprint density at radius 1 is 1.64 bits per heavy atom. The minimum Gasteiger partial charge on any atom is -0.392 e. The van der Waals surface area contributed by atoms with Gasteiger partial charge in [-0.2, -0.15) is 5.10 Å². The van der Waals surface area contributed by atoms with E-state index in [0.717, 1.165) is 18.8 Å². The predicted molar refractivity (Wildman–Crippen MR) is 56.0 cm³/mol. The average molecular weight is 197 g/mol. The Morgan fingerprint density at radius 2 is 2.36 bits per heavy atom. The van der Waals surface area contributed by atoms with Crippen molar-refractivity contribution in [3.05, 3.63) is 17.5 Å². The SMILES string of the molecule is CCn1nc(C)cc1CNCC(C)O. The van der Waals surface area contributed by atoms with Crippen LogP contribution in [0.3, 0.4) is 0 Å². The first-order valence-electron chi connectivity index (χ1n) is 5.05. The van der Waals surface area contributed by atoms with E-state index < -0.39 is 0 Å². The lowest BCUT2D eigenvalue weighted by Crippen LogP contribution is -2.25. The highest BCUT2D eigenvalue weighted by Gasteiger charge is 2.03. The second-order valence-corrected chi connectivity index (χ2v) is 3.57.